The van der Waals surface area contributed by atoms with E-state index in [1.807, 2.05) is 6.92 Å². The molecule has 0 aromatic rings. The van der Waals surface area contributed by atoms with Crippen LogP contribution in [0.3, 0.4) is 0 Å². The molecule has 0 fully saturated rings. The summed E-state index contributed by atoms with van der Waals surface area (Å²) in [5.74, 6) is -0.319. The number of carbonyl (C=O) groups is 1. The fourth-order valence-electron chi connectivity index (χ4n) is 0.932. The molecule has 3 nitrogen and oxygen atoms in total. The molecule has 70 valence electrons. The molecule has 1 amide bonds. The molecule has 0 aromatic heterocycles. The summed E-state index contributed by atoms with van der Waals surface area (Å²) in [6.45, 7) is 4.42. The average Bonchev–Trinajstić information content (AvgIpc) is 2.03. The van der Waals surface area contributed by atoms with Gasteiger partial charge in [0.2, 0.25) is 5.91 Å². The first-order valence-corrected chi connectivity index (χ1v) is 4.25. The van der Waals surface area contributed by atoms with E-state index in [9.17, 15) is 4.79 Å². The van der Waals surface area contributed by atoms with E-state index in [2.05, 4.69) is 0 Å². The van der Waals surface area contributed by atoms with Gasteiger partial charge >= 0.3 is 0 Å². The minimum atomic E-state index is -0.319. The second kappa shape index (κ2) is 5.77. The van der Waals surface area contributed by atoms with Crippen LogP contribution in [0.1, 0.15) is 33.1 Å². The van der Waals surface area contributed by atoms with Crippen LogP contribution in [0.2, 0.25) is 0 Å². The highest BCUT2D eigenvalue weighted by molar-refractivity contribution is 5.91. The Morgan fingerprint density at radius 3 is 2.25 bits per heavy atom. The van der Waals surface area contributed by atoms with Crippen LogP contribution in [-0.4, -0.2) is 12.5 Å². The lowest BCUT2D eigenvalue weighted by atomic mass is 10.0. The molecular weight excluding hydrogens is 152 g/mol. The van der Waals surface area contributed by atoms with Gasteiger partial charge in [-0.25, -0.2) is 0 Å². The first-order valence-electron chi connectivity index (χ1n) is 4.25. The lowest BCUT2D eigenvalue weighted by Gasteiger charge is -2.03. The zero-order valence-electron chi connectivity index (χ0n) is 7.89. The molecular formula is C9H18N2O. The molecule has 0 aromatic carbocycles. The Labute approximate surface area is 73.8 Å². The van der Waals surface area contributed by atoms with E-state index in [4.69, 9.17) is 11.5 Å². The Morgan fingerprint density at radius 1 is 1.25 bits per heavy atom. The van der Waals surface area contributed by atoms with Crippen molar-refractivity contribution >= 4 is 5.91 Å². The molecule has 0 saturated heterocycles. The Morgan fingerprint density at radius 2 is 1.83 bits per heavy atom. The van der Waals surface area contributed by atoms with Gasteiger partial charge in [0.25, 0.3) is 0 Å². The Kier molecular flexibility index (Phi) is 5.37. The predicted molar refractivity (Wildman–Crippen MR) is 50.5 cm³/mol. The van der Waals surface area contributed by atoms with Crippen LogP contribution in [0.4, 0.5) is 0 Å². The fraction of sp³-hybridized carbons (Fsp3) is 0.667. The predicted octanol–water partition coefficient (Wildman–Crippen LogP) is 0.937. The second-order valence-electron chi connectivity index (χ2n) is 3.02. The van der Waals surface area contributed by atoms with Gasteiger partial charge in [-0.2, -0.15) is 0 Å². The van der Waals surface area contributed by atoms with Gasteiger partial charge in [-0.15, -0.1) is 0 Å². The molecule has 0 aliphatic rings. The third-order valence-corrected chi connectivity index (χ3v) is 2.02. The Bertz CT molecular complexity index is 185. The summed E-state index contributed by atoms with van der Waals surface area (Å²) in [5, 5.41) is 0. The zero-order chi connectivity index (χ0) is 9.56. The van der Waals surface area contributed by atoms with Gasteiger partial charge in [0.05, 0.1) is 0 Å². The second-order valence-corrected chi connectivity index (χ2v) is 3.02. The molecule has 0 atom stereocenters. The van der Waals surface area contributed by atoms with E-state index in [1.165, 1.54) is 0 Å². The summed E-state index contributed by atoms with van der Waals surface area (Å²) < 4.78 is 0. The lowest BCUT2D eigenvalue weighted by Crippen LogP contribution is -2.13. The molecule has 0 aliphatic carbocycles. The number of nitrogens with two attached hydrogens (primary N) is 2. The van der Waals surface area contributed by atoms with E-state index < -0.39 is 0 Å². The van der Waals surface area contributed by atoms with Crippen LogP contribution in [0.25, 0.3) is 0 Å². The molecule has 0 saturated carbocycles. The van der Waals surface area contributed by atoms with Crippen LogP contribution in [0, 0.1) is 0 Å². The van der Waals surface area contributed by atoms with Gasteiger partial charge in [-0.05, 0) is 39.7 Å². The summed E-state index contributed by atoms with van der Waals surface area (Å²) >= 11 is 0. The number of hydrogen-bond acceptors (Lipinski definition) is 2. The van der Waals surface area contributed by atoms with Crippen molar-refractivity contribution in [2.45, 2.75) is 33.1 Å². The number of rotatable bonds is 5. The molecule has 3 heteroatoms. The molecule has 0 radical (unpaired) electrons. The van der Waals surface area contributed by atoms with Crippen molar-refractivity contribution in [3.05, 3.63) is 11.1 Å². The third-order valence-electron chi connectivity index (χ3n) is 2.02. The summed E-state index contributed by atoms with van der Waals surface area (Å²) in [6.07, 6.45) is 2.96. The number of primary amides is 1. The van der Waals surface area contributed by atoms with Gasteiger partial charge in [-0.1, -0.05) is 5.57 Å². The van der Waals surface area contributed by atoms with Gasteiger partial charge in [-0.3, -0.25) is 4.79 Å². The van der Waals surface area contributed by atoms with Crippen molar-refractivity contribution in [1.29, 1.82) is 0 Å². The van der Waals surface area contributed by atoms with Crippen molar-refractivity contribution in [1.82, 2.24) is 0 Å². The molecule has 0 bridgehead atoms. The maximum atomic E-state index is 10.7. The Hall–Kier alpha value is -0.830. The number of unbranched alkanes of at least 4 members (excludes halogenated alkanes) is 1. The highest BCUT2D eigenvalue weighted by Crippen LogP contribution is 2.10. The maximum Gasteiger partial charge on any atom is 0.244 e. The van der Waals surface area contributed by atoms with E-state index in [-0.39, 0.29) is 5.91 Å². The van der Waals surface area contributed by atoms with Gasteiger partial charge in [0, 0.05) is 5.57 Å². The quantitative estimate of drug-likeness (QED) is 0.476. The molecule has 4 N–H and O–H groups in total. The van der Waals surface area contributed by atoms with E-state index in [0.717, 1.165) is 24.8 Å². The van der Waals surface area contributed by atoms with Gasteiger partial charge < -0.3 is 11.5 Å². The highest BCUT2D eigenvalue weighted by Gasteiger charge is 2.01. The lowest BCUT2D eigenvalue weighted by molar-refractivity contribution is -0.114. The van der Waals surface area contributed by atoms with Crippen molar-refractivity contribution < 1.29 is 4.79 Å². The van der Waals surface area contributed by atoms with E-state index in [1.54, 1.807) is 6.92 Å². The minimum Gasteiger partial charge on any atom is -0.366 e. The SMILES string of the molecule is C/C(CCCCN)=C(/C)C(N)=O. The smallest absolute Gasteiger partial charge is 0.244 e. The monoisotopic (exact) mass is 170 g/mol. The first-order chi connectivity index (χ1) is 5.59. The van der Waals surface area contributed by atoms with Crippen molar-refractivity contribution in [3.8, 4) is 0 Å². The van der Waals surface area contributed by atoms with Gasteiger partial charge in [0.1, 0.15) is 0 Å². The topological polar surface area (TPSA) is 69.1 Å². The molecule has 0 aliphatic heterocycles. The molecule has 0 heterocycles. The number of hydrogen-bond donors (Lipinski definition) is 2. The van der Waals surface area contributed by atoms with Crippen LogP contribution < -0.4 is 11.5 Å². The summed E-state index contributed by atoms with van der Waals surface area (Å²) in [6, 6.07) is 0. The number of amides is 1. The molecule has 0 unspecified atom stereocenters. The third kappa shape index (κ3) is 4.13. The number of allylic oxidation sites excluding steroid dienone is 1. The largest absolute Gasteiger partial charge is 0.366 e. The maximum absolute atomic E-state index is 10.7. The molecule has 0 rings (SSSR count). The van der Waals surface area contributed by atoms with Crippen LogP contribution in [-0.2, 0) is 4.79 Å². The Balaban J connectivity index is 3.91. The van der Waals surface area contributed by atoms with Gasteiger partial charge in [0.15, 0.2) is 0 Å². The molecule has 0 spiro atoms. The average molecular weight is 170 g/mol. The summed E-state index contributed by atoms with van der Waals surface area (Å²) in [7, 11) is 0. The highest BCUT2D eigenvalue weighted by atomic mass is 16.1. The normalized spacial score (nSPS) is 12.6. The standard InChI is InChI=1S/C9H18N2O/c1-7(5-3-4-6-10)8(2)9(11)12/h3-6,10H2,1-2H3,(H2,11,12)/b8-7+. The summed E-state index contributed by atoms with van der Waals surface area (Å²) in [5.41, 5.74) is 12.2. The van der Waals surface area contributed by atoms with Crippen LogP contribution in [0.5, 0.6) is 0 Å². The zero-order valence-corrected chi connectivity index (χ0v) is 7.89. The van der Waals surface area contributed by atoms with Crippen LogP contribution >= 0.6 is 0 Å². The summed E-state index contributed by atoms with van der Waals surface area (Å²) in [4.78, 5) is 10.7. The van der Waals surface area contributed by atoms with E-state index in [0.29, 0.717) is 12.1 Å². The van der Waals surface area contributed by atoms with Crippen molar-refractivity contribution in [3.63, 3.8) is 0 Å². The molecule has 12 heavy (non-hydrogen) atoms. The van der Waals surface area contributed by atoms with Crippen molar-refractivity contribution in [2.24, 2.45) is 11.5 Å². The number of carbonyl (C=O) groups excluding carboxylic acids is 1. The first kappa shape index (κ1) is 11.2. The van der Waals surface area contributed by atoms with E-state index >= 15 is 0 Å². The fourth-order valence-corrected chi connectivity index (χ4v) is 0.932. The van der Waals surface area contributed by atoms with Crippen LogP contribution in [0.15, 0.2) is 11.1 Å². The minimum absolute atomic E-state index is 0.319. The van der Waals surface area contributed by atoms with Crippen molar-refractivity contribution in [2.75, 3.05) is 6.54 Å².